The van der Waals surface area contributed by atoms with E-state index in [4.69, 9.17) is 11.6 Å². The molecule has 1 aromatic carbocycles. The smallest absolute Gasteiger partial charge is 0.319 e. The van der Waals surface area contributed by atoms with E-state index < -0.39 is 6.17 Å². The molecule has 4 aromatic rings. The minimum Gasteiger partial charge on any atom is -0.319 e. The number of aromatic nitrogens is 4. The van der Waals surface area contributed by atoms with Gasteiger partial charge < -0.3 is 10.2 Å². The summed E-state index contributed by atoms with van der Waals surface area (Å²) in [6.45, 7) is 0.224. The fraction of sp³-hybridized carbons (Fsp3) is 0.143. The molecule has 1 aliphatic heterocycles. The first-order valence-electron chi connectivity index (χ1n) is 9.33. The van der Waals surface area contributed by atoms with Crippen LogP contribution < -0.4 is 5.32 Å². The third-order valence-corrected chi connectivity index (χ3v) is 5.21. The molecule has 2 amide bonds. The van der Waals surface area contributed by atoms with E-state index in [0.717, 1.165) is 16.6 Å². The molecule has 0 radical (unpaired) electrons. The van der Waals surface area contributed by atoms with Crippen molar-refractivity contribution >= 4 is 34.4 Å². The first kappa shape index (κ1) is 18.5. The van der Waals surface area contributed by atoms with Crippen LogP contribution in [0.1, 0.15) is 0 Å². The Kier molecular flexibility index (Phi) is 4.55. The van der Waals surface area contributed by atoms with Crippen molar-refractivity contribution in [3.63, 3.8) is 0 Å². The third-order valence-electron chi connectivity index (χ3n) is 4.89. The molecule has 0 unspecified atom stereocenters. The zero-order chi connectivity index (χ0) is 20.7. The number of hydrogen-bond acceptors (Lipinski definition) is 4. The van der Waals surface area contributed by atoms with E-state index in [9.17, 15) is 9.18 Å². The van der Waals surface area contributed by atoms with Gasteiger partial charge in [-0.15, -0.1) is 5.10 Å². The number of rotatable bonds is 3. The lowest BCUT2D eigenvalue weighted by Gasteiger charge is -2.34. The number of carbonyl (C=O) groups is 1. The minimum absolute atomic E-state index is 0.112. The van der Waals surface area contributed by atoms with E-state index in [0.29, 0.717) is 22.0 Å². The highest BCUT2D eigenvalue weighted by molar-refractivity contribution is 6.32. The van der Waals surface area contributed by atoms with Crippen LogP contribution in [-0.4, -0.2) is 49.9 Å². The zero-order valence-electron chi connectivity index (χ0n) is 15.7. The van der Waals surface area contributed by atoms with Gasteiger partial charge in [-0.2, -0.15) is 0 Å². The number of halogens is 2. The Balaban J connectivity index is 1.45. The summed E-state index contributed by atoms with van der Waals surface area (Å²) in [6, 6.07) is 12.4. The van der Waals surface area contributed by atoms with Gasteiger partial charge in [0, 0.05) is 35.2 Å². The van der Waals surface area contributed by atoms with Crippen molar-refractivity contribution in [2.45, 2.75) is 6.17 Å². The summed E-state index contributed by atoms with van der Waals surface area (Å²) in [5.74, 6) is 0. The van der Waals surface area contributed by atoms with E-state index >= 15 is 0 Å². The number of pyridine rings is 2. The number of urea groups is 1. The monoisotopic (exact) mass is 422 g/mol. The normalized spacial score (nSPS) is 14.0. The van der Waals surface area contributed by atoms with Gasteiger partial charge >= 0.3 is 6.03 Å². The van der Waals surface area contributed by atoms with E-state index in [2.05, 4.69) is 20.4 Å². The molecule has 7 nitrogen and oxygen atoms in total. The molecular formula is C21H16ClFN6O. The maximum Gasteiger partial charge on any atom is 0.322 e. The Hall–Kier alpha value is -3.52. The first-order valence-corrected chi connectivity index (χ1v) is 9.71. The predicted molar refractivity (Wildman–Crippen MR) is 113 cm³/mol. The molecule has 5 rings (SSSR count). The van der Waals surface area contributed by atoms with Gasteiger partial charge in [0.1, 0.15) is 6.17 Å². The Morgan fingerprint density at radius 3 is 2.80 bits per heavy atom. The Morgan fingerprint density at radius 1 is 1.17 bits per heavy atom. The van der Waals surface area contributed by atoms with Gasteiger partial charge in [0.2, 0.25) is 0 Å². The molecule has 1 fully saturated rings. The molecule has 3 aromatic heterocycles. The standard InChI is InChI=1S/C21H16ClFN6O/c22-17-5-4-16(26-21(30)28-11-15(23)12-28)8-19(17)29-10-14-7-13(9-25-20(14)27-29)18-3-1-2-6-24-18/h1-10,15H,11-12H2,(H,26,30). The zero-order valence-corrected chi connectivity index (χ0v) is 16.4. The van der Waals surface area contributed by atoms with Gasteiger partial charge in [0.15, 0.2) is 5.65 Å². The molecule has 30 heavy (non-hydrogen) atoms. The van der Waals surface area contributed by atoms with Gasteiger partial charge in [-0.1, -0.05) is 17.7 Å². The van der Waals surface area contributed by atoms with Crippen molar-refractivity contribution in [1.82, 2.24) is 24.6 Å². The topological polar surface area (TPSA) is 75.9 Å². The van der Waals surface area contributed by atoms with Crippen LogP contribution in [-0.2, 0) is 0 Å². The number of fused-ring (bicyclic) bond motifs is 1. The van der Waals surface area contributed by atoms with E-state index in [1.165, 1.54) is 4.90 Å². The number of benzene rings is 1. The van der Waals surface area contributed by atoms with Crippen molar-refractivity contribution in [1.29, 1.82) is 0 Å². The molecule has 0 aliphatic carbocycles. The second-order valence-electron chi connectivity index (χ2n) is 7.02. The number of hydrogen-bond donors (Lipinski definition) is 1. The van der Waals surface area contributed by atoms with Gasteiger partial charge in [-0.3, -0.25) is 4.98 Å². The molecule has 0 spiro atoms. The maximum atomic E-state index is 13.0. The molecule has 0 atom stereocenters. The highest BCUT2D eigenvalue weighted by Crippen LogP contribution is 2.27. The van der Waals surface area contributed by atoms with Crippen molar-refractivity contribution in [2.75, 3.05) is 18.4 Å². The lowest BCUT2D eigenvalue weighted by molar-refractivity contribution is 0.0974. The number of likely N-dealkylation sites (tertiary alicyclic amines) is 1. The Bertz CT molecular complexity index is 1240. The molecule has 0 saturated carbocycles. The largest absolute Gasteiger partial charge is 0.322 e. The molecule has 0 bridgehead atoms. The summed E-state index contributed by atoms with van der Waals surface area (Å²) in [7, 11) is 0. The number of alkyl halides is 1. The Morgan fingerprint density at radius 2 is 2.03 bits per heavy atom. The van der Waals surface area contributed by atoms with Crippen LogP contribution in [0.15, 0.2) is 61.1 Å². The predicted octanol–water partition coefficient (Wildman–Crippen LogP) is 4.32. The second kappa shape index (κ2) is 7.38. The number of carbonyl (C=O) groups excluding carboxylic acids is 1. The van der Waals surface area contributed by atoms with E-state index in [-0.39, 0.29) is 19.1 Å². The van der Waals surface area contributed by atoms with Crippen LogP contribution in [0, 0.1) is 0 Å². The third kappa shape index (κ3) is 3.46. The summed E-state index contributed by atoms with van der Waals surface area (Å²) in [5, 5.41) is 8.56. The number of anilines is 1. The fourth-order valence-corrected chi connectivity index (χ4v) is 3.48. The molecular weight excluding hydrogens is 407 g/mol. The Labute approximate surface area is 176 Å². The molecule has 150 valence electrons. The molecule has 4 heterocycles. The van der Waals surface area contributed by atoms with Crippen LogP contribution >= 0.6 is 11.6 Å². The van der Waals surface area contributed by atoms with Crippen LogP contribution in [0.25, 0.3) is 28.0 Å². The summed E-state index contributed by atoms with van der Waals surface area (Å²) in [5.41, 5.74) is 3.41. The molecule has 9 heteroatoms. The number of nitrogens with one attached hydrogen (secondary N) is 1. The highest BCUT2D eigenvalue weighted by atomic mass is 35.5. The van der Waals surface area contributed by atoms with Crippen LogP contribution in [0.3, 0.4) is 0 Å². The summed E-state index contributed by atoms with van der Waals surface area (Å²) >= 11 is 6.38. The van der Waals surface area contributed by atoms with Gasteiger partial charge in [0.25, 0.3) is 0 Å². The SMILES string of the molecule is O=C(Nc1ccc(Cl)c(-n2cc3cc(-c4ccccn4)cnc3n2)c1)N1CC(F)C1. The van der Waals surface area contributed by atoms with E-state index in [1.54, 1.807) is 35.3 Å². The summed E-state index contributed by atoms with van der Waals surface area (Å²) < 4.78 is 14.6. The van der Waals surface area contributed by atoms with Crippen molar-refractivity contribution in [3.05, 3.63) is 66.1 Å². The summed E-state index contributed by atoms with van der Waals surface area (Å²) in [4.78, 5) is 22.3. The van der Waals surface area contributed by atoms with Gasteiger partial charge in [0.05, 0.1) is 29.5 Å². The quantitative estimate of drug-likeness (QED) is 0.533. The number of nitrogens with zero attached hydrogens (tertiary/aromatic N) is 5. The van der Waals surface area contributed by atoms with Gasteiger partial charge in [-0.05, 0) is 36.4 Å². The highest BCUT2D eigenvalue weighted by Gasteiger charge is 2.30. The van der Waals surface area contributed by atoms with Crippen molar-refractivity contribution in [2.24, 2.45) is 0 Å². The van der Waals surface area contributed by atoms with Gasteiger partial charge in [-0.25, -0.2) is 18.9 Å². The van der Waals surface area contributed by atoms with Crippen LogP contribution in [0.2, 0.25) is 5.02 Å². The lowest BCUT2D eigenvalue weighted by Crippen LogP contribution is -2.53. The average Bonchev–Trinajstić information content (AvgIpc) is 3.16. The summed E-state index contributed by atoms with van der Waals surface area (Å²) in [6.07, 6.45) is 4.34. The number of amides is 2. The van der Waals surface area contributed by atoms with Crippen LogP contribution in [0.4, 0.5) is 14.9 Å². The van der Waals surface area contributed by atoms with Crippen molar-refractivity contribution < 1.29 is 9.18 Å². The molecule has 1 saturated heterocycles. The van der Waals surface area contributed by atoms with Crippen LogP contribution in [0.5, 0.6) is 0 Å². The fourth-order valence-electron chi connectivity index (χ4n) is 3.27. The maximum absolute atomic E-state index is 13.0. The second-order valence-corrected chi connectivity index (χ2v) is 7.43. The molecule has 1 aliphatic rings. The lowest BCUT2D eigenvalue weighted by atomic mass is 10.1. The first-order chi connectivity index (χ1) is 14.6. The van der Waals surface area contributed by atoms with Crippen molar-refractivity contribution in [3.8, 4) is 16.9 Å². The van der Waals surface area contributed by atoms with E-state index in [1.807, 2.05) is 30.5 Å². The average molecular weight is 423 g/mol. The minimum atomic E-state index is -0.948. The molecule has 1 N–H and O–H groups in total.